The number of rotatable bonds is 2. The lowest BCUT2D eigenvalue weighted by atomic mass is 10.1. The Morgan fingerprint density at radius 3 is 2.54 bits per heavy atom. The zero-order chi connectivity index (χ0) is 17.5. The van der Waals surface area contributed by atoms with Gasteiger partial charge in [-0.1, -0.05) is 36.4 Å². The molecule has 3 aromatic carbocycles. The van der Waals surface area contributed by atoms with Crippen LogP contribution in [0.1, 0.15) is 10.4 Å². The second-order valence-electron chi connectivity index (χ2n) is 6.12. The van der Waals surface area contributed by atoms with Crippen molar-refractivity contribution < 1.29 is 4.79 Å². The molecule has 0 spiro atoms. The van der Waals surface area contributed by atoms with Crippen molar-refractivity contribution in [3.05, 3.63) is 78.4 Å². The van der Waals surface area contributed by atoms with Crippen LogP contribution in [0.2, 0.25) is 0 Å². The van der Waals surface area contributed by atoms with E-state index in [9.17, 15) is 4.79 Å². The van der Waals surface area contributed by atoms with Crippen molar-refractivity contribution in [2.75, 3.05) is 5.32 Å². The molecule has 0 bridgehead atoms. The normalized spacial score (nSPS) is 11.2. The van der Waals surface area contributed by atoms with Gasteiger partial charge < -0.3 is 10.3 Å². The van der Waals surface area contributed by atoms with Crippen LogP contribution < -0.4 is 5.32 Å². The Balaban J connectivity index is 1.60. The number of para-hydroxylation sites is 2. The van der Waals surface area contributed by atoms with Gasteiger partial charge in [0.1, 0.15) is 5.52 Å². The van der Waals surface area contributed by atoms with Gasteiger partial charge in [0, 0.05) is 22.2 Å². The topological polar surface area (TPSA) is 70.7 Å². The smallest absolute Gasteiger partial charge is 0.255 e. The van der Waals surface area contributed by atoms with E-state index in [1.807, 2.05) is 60.7 Å². The molecule has 26 heavy (non-hydrogen) atoms. The third-order valence-corrected chi connectivity index (χ3v) is 4.39. The molecular weight excluding hydrogens is 324 g/mol. The van der Waals surface area contributed by atoms with E-state index in [4.69, 9.17) is 4.98 Å². The number of aromatic nitrogens is 3. The van der Waals surface area contributed by atoms with Crippen molar-refractivity contribution in [2.24, 2.45) is 0 Å². The Bertz CT molecular complexity index is 1270. The monoisotopic (exact) mass is 338 g/mol. The molecule has 2 aromatic heterocycles. The summed E-state index contributed by atoms with van der Waals surface area (Å²) in [6, 6.07) is 22.7. The summed E-state index contributed by atoms with van der Waals surface area (Å²) in [7, 11) is 0. The van der Waals surface area contributed by atoms with E-state index in [0.29, 0.717) is 11.1 Å². The Hall–Kier alpha value is -3.73. The van der Waals surface area contributed by atoms with Crippen LogP contribution in [0.25, 0.3) is 33.1 Å². The maximum atomic E-state index is 12.5. The fourth-order valence-electron chi connectivity index (χ4n) is 3.12. The van der Waals surface area contributed by atoms with Gasteiger partial charge in [-0.2, -0.15) is 0 Å². The van der Waals surface area contributed by atoms with E-state index in [2.05, 4.69) is 15.3 Å². The van der Waals surface area contributed by atoms with E-state index in [-0.39, 0.29) is 5.91 Å². The molecule has 2 heterocycles. The zero-order valence-corrected chi connectivity index (χ0v) is 13.7. The predicted octanol–water partition coefficient (Wildman–Crippen LogP) is 4.52. The summed E-state index contributed by atoms with van der Waals surface area (Å²) >= 11 is 0. The second kappa shape index (κ2) is 5.67. The highest BCUT2D eigenvalue weighted by Gasteiger charge is 2.11. The fourth-order valence-corrected chi connectivity index (χ4v) is 3.12. The fraction of sp³-hybridized carbons (Fsp3) is 0. The van der Waals surface area contributed by atoms with Crippen LogP contribution in [0.5, 0.6) is 0 Å². The molecule has 0 saturated carbocycles. The van der Waals surface area contributed by atoms with Gasteiger partial charge in [-0.3, -0.25) is 4.79 Å². The summed E-state index contributed by atoms with van der Waals surface area (Å²) in [6.45, 7) is 0. The molecule has 5 aromatic rings. The molecule has 2 N–H and O–H groups in total. The largest absolute Gasteiger partial charge is 0.338 e. The van der Waals surface area contributed by atoms with E-state index < -0.39 is 0 Å². The third-order valence-electron chi connectivity index (χ3n) is 4.39. The minimum Gasteiger partial charge on any atom is -0.338 e. The first-order chi connectivity index (χ1) is 12.8. The van der Waals surface area contributed by atoms with Crippen molar-refractivity contribution in [3.63, 3.8) is 0 Å². The first-order valence-electron chi connectivity index (χ1n) is 8.32. The Labute approximate surface area is 148 Å². The Morgan fingerprint density at radius 2 is 1.65 bits per heavy atom. The first-order valence-corrected chi connectivity index (χ1v) is 8.32. The number of anilines is 1. The molecule has 0 atom stereocenters. The van der Waals surface area contributed by atoms with E-state index >= 15 is 0 Å². The number of aromatic amines is 1. The number of hydrogen-bond acceptors (Lipinski definition) is 3. The summed E-state index contributed by atoms with van der Waals surface area (Å²) in [5.41, 5.74) is 5.32. The number of nitrogens with one attached hydrogen (secondary N) is 2. The highest BCUT2D eigenvalue weighted by Crippen LogP contribution is 2.25. The lowest BCUT2D eigenvalue weighted by Gasteiger charge is -2.06. The van der Waals surface area contributed by atoms with Crippen LogP contribution >= 0.6 is 0 Å². The standard InChI is InChI=1S/C21H14N4O/c26-21(22-14-6-2-1-3-7-14)13-10-11-17-18(12-13)23-19-15-8-4-5-9-16(15)24-20(19)25-17/h1-12H,(H,22,26)(H,24,25). The van der Waals surface area contributed by atoms with Crippen molar-refractivity contribution in [1.29, 1.82) is 0 Å². The third kappa shape index (κ3) is 2.38. The van der Waals surface area contributed by atoms with Crippen molar-refractivity contribution in [1.82, 2.24) is 15.0 Å². The molecule has 0 aliphatic heterocycles. The van der Waals surface area contributed by atoms with E-state index in [0.717, 1.165) is 33.3 Å². The van der Waals surface area contributed by atoms with Crippen LogP contribution in [0.3, 0.4) is 0 Å². The molecule has 0 radical (unpaired) electrons. The van der Waals surface area contributed by atoms with Gasteiger partial charge in [-0.05, 0) is 36.4 Å². The number of H-pyrrole nitrogens is 1. The molecule has 5 heteroatoms. The molecule has 1 amide bonds. The van der Waals surface area contributed by atoms with Gasteiger partial charge >= 0.3 is 0 Å². The van der Waals surface area contributed by atoms with Crippen molar-refractivity contribution >= 4 is 44.7 Å². The van der Waals surface area contributed by atoms with Gasteiger partial charge in [0.25, 0.3) is 5.91 Å². The van der Waals surface area contributed by atoms with Crippen molar-refractivity contribution in [3.8, 4) is 0 Å². The van der Waals surface area contributed by atoms with Gasteiger partial charge in [0.15, 0.2) is 5.65 Å². The summed E-state index contributed by atoms with van der Waals surface area (Å²) in [6.07, 6.45) is 0. The minimum atomic E-state index is -0.168. The van der Waals surface area contributed by atoms with E-state index in [1.54, 1.807) is 12.1 Å². The summed E-state index contributed by atoms with van der Waals surface area (Å²) in [4.78, 5) is 25.2. The second-order valence-corrected chi connectivity index (χ2v) is 6.12. The molecule has 124 valence electrons. The number of benzene rings is 3. The molecule has 0 saturated heterocycles. The molecule has 0 aliphatic rings. The molecular formula is C21H14N4O. The van der Waals surface area contributed by atoms with Crippen LogP contribution in [0.4, 0.5) is 5.69 Å². The van der Waals surface area contributed by atoms with Crippen LogP contribution in [-0.2, 0) is 0 Å². The Morgan fingerprint density at radius 1 is 0.846 bits per heavy atom. The minimum absolute atomic E-state index is 0.168. The number of fused-ring (bicyclic) bond motifs is 4. The lowest BCUT2D eigenvalue weighted by Crippen LogP contribution is -2.11. The maximum Gasteiger partial charge on any atom is 0.255 e. The van der Waals surface area contributed by atoms with E-state index in [1.165, 1.54) is 0 Å². The number of carbonyl (C=O) groups excluding carboxylic acids is 1. The highest BCUT2D eigenvalue weighted by molar-refractivity contribution is 6.08. The van der Waals surface area contributed by atoms with Gasteiger partial charge in [0.05, 0.1) is 11.0 Å². The van der Waals surface area contributed by atoms with Gasteiger partial charge in [-0.15, -0.1) is 0 Å². The lowest BCUT2D eigenvalue weighted by molar-refractivity contribution is 0.102. The molecule has 5 nitrogen and oxygen atoms in total. The SMILES string of the molecule is O=C(Nc1ccccc1)c1ccc2nc3[nH]c4ccccc4c3nc2c1. The number of hydrogen-bond donors (Lipinski definition) is 2. The summed E-state index contributed by atoms with van der Waals surface area (Å²) in [5.74, 6) is -0.168. The van der Waals surface area contributed by atoms with Crippen molar-refractivity contribution in [2.45, 2.75) is 0 Å². The quantitative estimate of drug-likeness (QED) is 0.497. The van der Waals surface area contributed by atoms with Gasteiger partial charge in [-0.25, -0.2) is 9.97 Å². The number of amides is 1. The Kier molecular flexibility index (Phi) is 3.18. The average molecular weight is 338 g/mol. The number of nitrogens with zero attached hydrogens (tertiary/aromatic N) is 2. The summed E-state index contributed by atoms with van der Waals surface area (Å²) in [5, 5.41) is 3.92. The first kappa shape index (κ1) is 14.6. The number of carbonyl (C=O) groups is 1. The molecule has 5 rings (SSSR count). The molecule has 0 aliphatic carbocycles. The average Bonchev–Trinajstić information content (AvgIpc) is 3.04. The van der Waals surface area contributed by atoms with Crippen LogP contribution in [-0.4, -0.2) is 20.9 Å². The maximum absolute atomic E-state index is 12.5. The predicted molar refractivity (Wildman–Crippen MR) is 103 cm³/mol. The highest BCUT2D eigenvalue weighted by atomic mass is 16.1. The summed E-state index contributed by atoms with van der Waals surface area (Å²) < 4.78 is 0. The van der Waals surface area contributed by atoms with Crippen LogP contribution in [0, 0.1) is 0 Å². The molecule has 0 unspecified atom stereocenters. The van der Waals surface area contributed by atoms with Crippen LogP contribution in [0.15, 0.2) is 72.8 Å². The zero-order valence-electron chi connectivity index (χ0n) is 13.7. The van der Waals surface area contributed by atoms with Gasteiger partial charge in [0.2, 0.25) is 0 Å². The molecule has 0 fully saturated rings.